The van der Waals surface area contributed by atoms with Gasteiger partial charge in [-0.25, -0.2) is 4.79 Å². The van der Waals surface area contributed by atoms with Crippen LogP contribution < -0.4 is 5.32 Å². The number of carbonyl (C=O) groups is 2. The van der Waals surface area contributed by atoms with E-state index in [1.807, 2.05) is 24.3 Å². The fraction of sp³-hybridized carbons (Fsp3) is 0.333. The van der Waals surface area contributed by atoms with E-state index >= 15 is 0 Å². The number of nitrogens with zero attached hydrogens (tertiary/aromatic N) is 3. The quantitative estimate of drug-likeness (QED) is 0.843. The zero-order chi connectivity index (χ0) is 15.3. The maximum atomic E-state index is 12.9. The first kappa shape index (κ1) is 13.0. The summed E-state index contributed by atoms with van der Waals surface area (Å²) in [6, 6.07) is 7.31. The molecule has 2 aliphatic rings. The van der Waals surface area contributed by atoms with Gasteiger partial charge in [-0.2, -0.15) is 0 Å². The molecule has 0 unspecified atom stereocenters. The molecule has 1 saturated heterocycles. The van der Waals surface area contributed by atoms with Crippen LogP contribution in [-0.4, -0.2) is 27.0 Å². The Morgan fingerprint density at radius 2 is 2.14 bits per heavy atom. The number of amides is 3. The number of hydrogen-bond donors (Lipinski definition) is 1. The van der Waals surface area contributed by atoms with Crippen molar-refractivity contribution in [3.63, 3.8) is 0 Å². The van der Waals surface area contributed by atoms with E-state index < -0.39 is 11.6 Å². The second-order valence-electron chi connectivity index (χ2n) is 5.60. The maximum Gasteiger partial charge on any atom is 0.325 e. The molecule has 0 radical (unpaired) electrons. The van der Waals surface area contributed by atoms with Crippen LogP contribution in [0.5, 0.6) is 0 Å². The molecule has 22 heavy (non-hydrogen) atoms. The summed E-state index contributed by atoms with van der Waals surface area (Å²) in [6.07, 6.45) is 1.35. The average Bonchev–Trinajstić information content (AvgIpc) is 3.15. The van der Waals surface area contributed by atoms with Crippen LogP contribution in [0.4, 0.5) is 4.79 Å². The van der Waals surface area contributed by atoms with Crippen LogP contribution in [0.2, 0.25) is 0 Å². The molecule has 1 fully saturated rings. The number of fused-ring (bicyclic) bond motifs is 2. The molecule has 1 atom stereocenters. The van der Waals surface area contributed by atoms with Crippen molar-refractivity contribution in [3.05, 3.63) is 47.2 Å². The summed E-state index contributed by atoms with van der Waals surface area (Å²) in [4.78, 5) is 26.3. The number of rotatable bonds is 2. The van der Waals surface area contributed by atoms with Crippen molar-refractivity contribution in [1.29, 1.82) is 0 Å². The van der Waals surface area contributed by atoms with Crippen molar-refractivity contribution < 1.29 is 14.0 Å². The minimum Gasteiger partial charge on any atom is -0.424 e. The standard InChI is InChI=1S/C15H14N4O3/c1-9-17-18-12(22-9)8-19-13(20)15(16-14(19)21)7-6-10-4-2-3-5-11(10)15/h2-5H,6-8H2,1H3,(H,16,21)/t15-/m0/s1. The third-order valence-corrected chi connectivity index (χ3v) is 4.28. The summed E-state index contributed by atoms with van der Waals surface area (Å²) in [7, 11) is 0. The molecule has 1 aliphatic carbocycles. The lowest BCUT2D eigenvalue weighted by Gasteiger charge is -2.21. The normalized spacial score (nSPS) is 23.2. The topological polar surface area (TPSA) is 88.3 Å². The maximum absolute atomic E-state index is 12.9. The second-order valence-corrected chi connectivity index (χ2v) is 5.60. The number of nitrogens with one attached hydrogen (secondary N) is 1. The average molecular weight is 298 g/mol. The molecule has 7 heteroatoms. The largest absolute Gasteiger partial charge is 0.424 e. The lowest BCUT2D eigenvalue weighted by Crippen LogP contribution is -2.41. The monoisotopic (exact) mass is 298 g/mol. The fourth-order valence-electron chi connectivity index (χ4n) is 3.27. The number of carbonyl (C=O) groups excluding carboxylic acids is 2. The van der Waals surface area contributed by atoms with E-state index in [4.69, 9.17) is 4.42 Å². The number of aryl methyl sites for hydroxylation is 2. The van der Waals surface area contributed by atoms with Crippen molar-refractivity contribution in [2.45, 2.75) is 31.8 Å². The Balaban J connectivity index is 1.68. The van der Waals surface area contributed by atoms with Gasteiger partial charge >= 0.3 is 6.03 Å². The van der Waals surface area contributed by atoms with E-state index in [0.29, 0.717) is 12.3 Å². The number of urea groups is 1. The van der Waals surface area contributed by atoms with E-state index in [2.05, 4.69) is 15.5 Å². The molecular weight excluding hydrogens is 284 g/mol. The summed E-state index contributed by atoms with van der Waals surface area (Å²) < 4.78 is 5.27. The molecule has 0 bridgehead atoms. The smallest absolute Gasteiger partial charge is 0.325 e. The van der Waals surface area contributed by atoms with E-state index in [1.54, 1.807) is 6.92 Å². The SMILES string of the molecule is Cc1nnc(CN2C(=O)N[C@]3(CCc4ccccc43)C2=O)o1. The van der Waals surface area contributed by atoms with Gasteiger partial charge in [0.2, 0.25) is 11.8 Å². The first-order valence-electron chi connectivity index (χ1n) is 7.12. The third kappa shape index (κ3) is 1.68. The van der Waals surface area contributed by atoms with Gasteiger partial charge in [0, 0.05) is 6.92 Å². The number of imide groups is 1. The summed E-state index contributed by atoms with van der Waals surface area (Å²) >= 11 is 0. The van der Waals surface area contributed by atoms with Crippen LogP contribution in [0.3, 0.4) is 0 Å². The summed E-state index contributed by atoms with van der Waals surface area (Å²) in [5.41, 5.74) is 1.05. The lowest BCUT2D eigenvalue weighted by atomic mass is 9.92. The molecule has 1 aliphatic heterocycles. The van der Waals surface area contributed by atoms with Gasteiger partial charge < -0.3 is 9.73 Å². The van der Waals surface area contributed by atoms with Crippen LogP contribution in [0.15, 0.2) is 28.7 Å². The second kappa shape index (κ2) is 4.40. The molecule has 2 aromatic rings. The van der Waals surface area contributed by atoms with Crippen molar-refractivity contribution in [2.75, 3.05) is 0 Å². The first-order valence-corrected chi connectivity index (χ1v) is 7.12. The Morgan fingerprint density at radius 1 is 1.32 bits per heavy atom. The van der Waals surface area contributed by atoms with Crippen LogP contribution in [0.1, 0.15) is 29.3 Å². The van der Waals surface area contributed by atoms with Gasteiger partial charge in [-0.1, -0.05) is 24.3 Å². The molecule has 2 heterocycles. The highest BCUT2D eigenvalue weighted by molar-refractivity contribution is 6.07. The summed E-state index contributed by atoms with van der Waals surface area (Å²) in [5, 5.41) is 10.4. The Bertz CT molecular complexity index is 785. The van der Waals surface area contributed by atoms with Crippen LogP contribution in [0.25, 0.3) is 0 Å². The van der Waals surface area contributed by atoms with Gasteiger partial charge in [-0.3, -0.25) is 9.69 Å². The first-order chi connectivity index (χ1) is 10.6. The molecule has 4 rings (SSSR count). The molecule has 112 valence electrons. The van der Waals surface area contributed by atoms with E-state index in [1.165, 1.54) is 0 Å². The third-order valence-electron chi connectivity index (χ3n) is 4.28. The minimum absolute atomic E-state index is 0.00454. The molecule has 7 nitrogen and oxygen atoms in total. The zero-order valence-corrected chi connectivity index (χ0v) is 12.0. The zero-order valence-electron chi connectivity index (χ0n) is 12.0. The Kier molecular flexibility index (Phi) is 2.60. The molecule has 1 spiro atoms. The Hall–Kier alpha value is -2.70. The molecule has 1 aromatic heterocycles. The number of benzene rings is 1. The number of aromatic nitrogens is 2. The van der Waals surface area contributed by atoms with Gasteiger partial charge in [0.25, 0.3) is 5.91 Å². The summed E-state index contributed by atoms with van der Waals surface area (Å²) in [6.45, 7) is 1.66. The van der Waals surface area contributed by atoms with E-state index in [9.17, 15) is 9.59 Å². The minimum atomic E-state index is -0.942. The molecule has 1 N–H and O–H groups in total. The van der Waals surface area contributed by atoms with Crippen molar-refractivity contribution in [2.24, 2.45) is 0 Å². The van der Waals surface area contributed by atoms with Crippen LogP contribution in [0, 0.1) is 6.92 Å². The van der Waals surface area contributed by atoms with Gasteiger partial charge in [-0.05, 0) is 24.0 Å². The van der Waals surface area contributed by atoms with Crippen molar-refractivity contribution in [1.82, 2.24) is 20.4 Å². The number of hydrogen-bond acceptors (Lipinski definition) is 5. The van der Waals surface area contributed by atoms with Gasteiger partial charge in [-0.15, -0.1) is 10.2 Å². The fourth-order valence-corrected chi connectivity index (χ4v) is 3.27. The van der Waals surface area contributed by atoms with Gasteiger partial charge in [0.05, 0.1) is 0 Å². The highest BCUT2D eigenvalue weighted by atomic mass is 16.4. The highest BCUT2D eigenvalue weighted by Gasteiger charge is 2.55. The lowest BCUT2D eigenvalue weighted by molar-refractivity contribution is -0.132. The molecular formula is C15H14N4O3. The van der Waals surface area contributed by atoms with Gasteiger partial charge in [0.1, 0.15) is 12.1 Å². The van der Waals surface area contributed by atoms with E-state index in [-0.39, 0.29) is 18.3 Å². The van der Waals surface area contributed by atoms with Crippen molar-refractivity contribution >= 4 is 11.9 Å². The van der Waals surface area contributed by atoms with Crippen molar-refractivity contribution in [3.8, 4) is 0 Å². The van der Waals surface area contributed by atoms with Crippen LogP contribution in [-0.2, 0) is 23.3 Å². The highest BCUT2D eigenvalue weighted by Crippen LogP contribution is 2.41. The predicted molar refractivity (Wildman–Crippen MR) is 74.6 cm³/mol. The van der Waals surface area contributed by atoms with E-state index in [0.717, 1.165) is 22.4 Å². The van der Waals surface area contributed by atoms with Gasteiger partial charge in [0.15, 0.2) is 0 Å². The van der Waals surface area contributed by atoms with Crippen LogP contribution >= 0.6 is 0 Å². The Labute approximate surface area is 126 Å². The predicted octanol–water partition coefficient (Wildman–Crippen LogP) is 1.27. The Morgan fingerprint density at radius 3 is 2.91 bits per heavy atom. The molecule has 0 saturated carbocycles. The molecule has 1 aromatic carbocycles. The summed E-state index contributed by atoms with van der Waals surface area (Å²) in [5.74, 6) is 0.408. The molecule has 3 amide bonds.